The molecule has 8 heteroatoms. The molecule has 0 amide bonds. The fraction of sp³-hybridized carbons (Fsp3) is 0.273. The first-order chi connectivity index (χ1) is 14.4. The molecular weight excluding hydrogens is 402 g/mol. The highest BCUT2D eigenvalue weighted by Gasteiger charge is 2.30. The minimum absolute atomic E-state index is 0.134. The molecule has 1 aliphatic heterocycles. The topological polar surface area (TPSA) is 88.5 Å². The smallest absolute Gasteiger partial charge is 0.260 e. The quantitative estimate of drug-likeness (QED) is 0.557. The molecule has 0 aliphatic carbocycles. The number of aromatic nitrogens is 2. The highest BCUT2D eigenvalue weighted by molar-refractivity contribution is 7.71. The second-order valence-corrected chi connectivity index (χ2v) is 7.60. The Hall–Kier alpha value is -3.10. The Labute approximate surface area is 178 Å². The second-order valence-electron chi connectivity index (χ2n) is 7.21. The first kappa shape index (κ1) is 20.2. The third-order valence-electron chi connectivity index (χ3n) is 5.37. The molecule has 0 bridgehead atoms. The van der Waals surface area contributed by atoms with Gasteiger partial charge >= 0.3 is 0 Å². The van der Waals surface area contributed by atoms with Gasteiger partial charge in [-0.2, -0.15) is 0 Å². The van der Waals surface area contributed by atoms with Crippen molar-refractivity contribution in [1.29, 1.82) is 0 Å². The molecule has 4 rings (SSSR count). The summed E-state index contributed by atoms with van der Waals surface area (Å²) in [5.41, 5.74) is 3.35. The number of aromatic hydroxyl groups is 1. The standard InChI is InChI=1S/C22H23N3O4S/c1-12-5-4-6-14(9-12)25-21(27)18(20(26)24-22(25)30)19-15-11-17(29-3)16(28-2)10-13(15)7-8-23-19/h4-6,9-11,19,23,27H,7-8H2,1-3H3,(H,24,26,30). The van der Waals surface area contributed by atoms with E-state index in [-0.39, 0.29) is 16.2 Å². The van der Waals surface area contributed by atoms with Gasteiger partial charge in [0.15, 0.2) is 16.3 Å². The van der Waals surface area contributed by atoms with Crippen molar-refractivity contribution in [3.63, 3.8) is 0 Å². The summed E-state index contributed by atoms with van der Waals surface area (Å²) in [6.45, 7) is 2.60. The molecule has 0 spiro atoms. The average Bonchev–Trinajstić information content (AvgIpc) is 2.72. The Morgan fingerprint density at radius 2 is 1.90 bits per heavy atom. The summed E-state index contributed by atoms with van der Waals surface area (Å²) in [7, 11) is 3.16. The van der Waals surface area contributed by atoms with E-state index in [0.717, 1.165) is 23.1 Å². The van der Waals surface area contributed by atoms with Crippen molar-refractivity contribution in [2.24, 2.45) is 0 Å². The summed E-state index contributed by atoms with van der Waals surface area (Å²) >= 11 is 5.35. The summed E-state index contributed by atoms with van der Waals surface area (Å²) in [5, 5.41) is 14.5. The van der Waals surface area contributed by atoms with Crippen LogP contribution in [0.3, 0.4) is 0 Å². The zero-order valence-corrected chi connectivity index (χ0v) is 17.8. The predicted molar refractivity (Wildman–Crippen MR) is 117 cm³/mol. The number of ether oxygens (including phenoxy) is 2. The van der Waals surface area contributed by atoms with Gasteiger partial charge in [0, 0.05) is 6.54 Å². The van der Waals surface area contributed by atoms with E-state index in [9.17, 15) is 9.90 Å². The van der Waals surface area contributed by atoms with E-state index in [2.05, 4.69) is 10.3 Å². The van der Waals surface area contributed by atoms with E-state index < -0.39 is 11.6 Å². The third kappa shape index (κ3) is 3.38. The zero-order valence-electron chi connectivity index (χ0n) is 17.0. The summed E-state index contributed by atoms with van der Waals surface area (Å²) in [5.74, 6) is 1.01. The molecular formula is C22H23N3O4S. The lowest BCUT2D eigenvalue weighted by molar-refractivity contribution is 0.352. The molecule has 1 aromatic heterocycles. The maximum Gasteiger partial charge on any atom is 0.260 e. The molecule has 30 heavy (non-hydrogen) atoms. The minimum Gasteiger partial charge on any atom is -0.494 e. The van der Waals surface area contributed by atoms with Crippen molar-refractivity contribution in [3.8, 4) is 23.1 Å². The Morgan fingerprint density at radius 1 is 1.17 bits per heavy atom. The maximum atomic E-state index is 12.9. The molecule has 2 heterocycles. The Morgan fingerprint density at radius 3 is 2.60 bits per heavy atom. The molecule has 1 atom stereocenters. The van der Waals surface area contributed by atoms with Gasteiger partial charge in [0.05, 0.1) is 31.5 Å². The van der Waals surface area contributed by atoms with Crippen LogP contribution >= 0.6 is 12.2 Å². The lowest BCUT2D eigenvalue weighted by Crippen LogP contribution is -2.35. The molecule has 1 aliphatic rings. The number of hydrogen-bond donors (Lipinski definition) is 3. The summed E-state index contributed by atoms with van der Waals surface area (Å²) in [4.78, 5) is 15.6. The predicted octanol–water partition coefficient (Wildman–Crippen LogP) is 3.16. The van der Waals surface area contributed by atoms with E-state index in [4.69, 9.17) is 21.7 Å². The number of rotatable bonds is 4. The number of H-pyrrole nitrogens is 1. The van der Waals surface area contributed by atoms with Crippen LogP contribution in [0.1, 0.15) is 28.3 Å². The number of fused-ring (bicyclic) bond motifs is 1. The molecule has 7 nitrogen and oxygen atoms in total. The van der Waals surface area contributed by atoms with Crippen LogP contribution in [0, 0.1) is 11.7 Å². The lowest BCUT2D eigenvalue weighted by Gasteiger charge is -2.29. The second kappa shape index (κ2) is 7.97. The lowest BCUT2D eigenvalue weighted by atomic mass is 9.90. The van der Waals surface area contributed by atoms with Gasteiger partial charge < -0.3 is 19.9 Å². The van der Waals surface area contributed by atoms with Gasteiger partial charge in [0.2, 0.25) is 5.88 Å². The molecule has 0 saturated heterocycles. The number of aryl methyl sites for hydroxylation is 1. The normalized spacial score (nSPS) is 15.5. The van der Waals surface area contributed by atoms with E-state index in [0.29, 0.717) is 23.7 Å². The molecule has 2 aromatic carbocycles. The van der Waals surface area contributed by atoms with Crippen molar-refractivity contribution < 1.29 is 14.6 Å². The van der Waals surface area contributed by atoms with E-state index >= 15 is 0 Å². The first-order valence-corrected chi connectivity index (χ1v) is 9.98. The number of methoxy groups -OCH3 is 2. The van der Waals surface area contributed by atoms with Crippen LogP contribution in [0.15, 0.2) is 41.2 Å². The fourth-order valence-corrected chi connectivity index (χ4v) is 4.23. The Balaban J connectivity index is 1.94. The Bertz CT molecular complexity index is 1230. The van der Waals surface area contributed by atoms with Gasteiger partial charge in [-0.3, -0.25) is 14.3 Å². The molecule has 3 aromatic rings. The van der Waals surface area contributed by atoms with Crippen molar-refractivity contribution in [2.75, 3.05) is 20.8 Å². The minimum atomic E-state index is -0.524. The average molecular weight is 426 g/mol. The van der Waals surface area contributed by atoms with Crippen molar-refractivity contribution in [3.05, 3.63) is 73.8 Å². The van der Waals surface area contributed by atoms with Gasteiger partial charge in [-0.25, -0.2) is 0 Å². The van der Waals surface area contributed by atoms with Crippen LogP contribution in [0.5, 0.6) is 17.4 Å². The van der Waals surface area contributed by atoms with E-state index in [1.54, 1.807) is 14.2 Å². The van der Waals surface area contributed by atoms with Crippen LogP contribution in [0.25, 0.3) is 5.69 Å². The number of benzene rings is 2. The number of aromatic amines is 1. The molecule has 156 valence electrons. The van der Waals surface area contributed by atoms with Crippen LogP contribution < -0.4 is 20.3 Å². The van der Waals surface area contributed by atoms with Crippen LogP contribution in [-0.4, -0.2) is 35.4 Å². The van der Waals surface area contributed by atoms with E-state index in [1.165, 1.54) is 4.57 Å². The van der Waals surface area contributed by atoms with Gasteiger partial charge in [0.25, 0.3) is 5.56 Å². The van der Waals surface area contributed by atoms with Gasteiger partial charge in [-0.15, -0.1) is 0 Å². The monoisotopic (exact) mass is 425 g/mol. The SMILES string of the molecule is COc1cc2c(cc1OC)C(c1c(O)n(-c3cccc(C)c3)c(=S)[nH]c1=O)NCC2. The van der Waals surface area contributed by atoms with Gasteiger partial charge in [-0.1, -0.05) is 12.1 Å². The van der Waals surface area contributed by atoms with Crippen LogP contribution in [-0.2, 0) is 6.42 Å². The summed E-state index contributed by atoms with van der Waals surface area (Å²) < 4.78 is 12.5. The number of nitrogens with one attached hydrogen (secondary N) is 2. The first-order valence-electron chi connectivity index (χ1n) is 9.58. The van der Waals surface area contributed by atoms with Gasteiger partial charge in [0.1, 0.15) is 0 Å². The fourth-order valence-electron chi connectivity index (χ4n) is 3.95. The number of nitrogens with zero attached hydrogens (tertiary/aromatic N) is 1. The summed E-state index contributed by atoms with van der Waals surface area (Å²) in [6.07, 6.45) is 0.766. The molecule has 1 unspecified atom stereocenters. The van der Waals surface area contributed by atoms with E-state index in [1.807, 2.05) is 43.3 Å². The van der Waals surface area contributed by atoms with Gasteiger partial charge in [-0.05, 0) is 66.5 Å². The molecule has 0 saturated carbocycles. The van der Waals surface area contributed by atoms with Crippen molar-refractivity contribution >= 4 is 12.2 Å². The van der Waals surface area contributed by atoms with Crippen molar-refractivity contribution in [1.82, 2.24) is 14.9 Å². The third-order valence-corrected chi connectivity index (χ3v) is 5.65. The maximum absolute atomic E-state index is 12.9. The summed E-state index contributed by atoms with van der Waals surface area (Å²) in [6, 6.07) is 10.8. The Kier molecular flexibility index (Phi) is 5.36. The molecule has 0 radical (unpaired) electrons. The highest BCUT2D eigenvalue weighted by Crippen LogP contribution is 2.38. The zero-order chi connectivity index (χ0) is 21.4. The largest absolute Gasteiger partial charge is 0.494 e. The van der Waals surface area contributed by atoms with Crippen molar-refractivity contribution in [2.45, 2.75) is 19.4 Å². The highest BCUT2D eigenvalue weighted by atomic mass is 32.1. The number of hydrogen-bond acceptors (Lipinski definition) is 6. The molecule has 0 fully saturated rings. The molecule has 3 N–H and O–H groups in total. The van der Waals surface area contributed by atoms with Crippen LogP contribution in [0.4, 0.5) is 0 Å². The van der Waals surface area contributed by atoms with Crippen LogP contribution in [0.2, 0.25) is 0 Å².